The number of nitrogens with one attached hydrogen (secondary N) is 1. The fraction of sp³-hybridized carbons (Fsp3) is 0.444. The number of thiazole rings is 1. The van der Waals surface area contributed by atoms with E-state index in [0.29, 0.717) is 31.1 Å². The van der Waals surface area contributed by atoms with E-state index in [-0.39, 0.29) is 5.76 Å². The van der Waals surface area contributed by atoms with Gasteiger partial charge in [-0.2, -0.15) is 0 Å². The molecule has 0 unspecified atom stereocenters. The topological polar surface area (TPSA) is 69.4 Å². The van der Waals surface area contributed by atoms with E-state index in [2.05, 4.69) is 11.9 Å². The Kier molecular flexibility index (Phi) is 5.48. The Labute approximate surface area is 146 Å². The summed E-state index contributed by atoms with van der Waals surface area (Å²) in [6.45, 7) is 4.74. The van der Waals surface area contributed by atoms with E-state index in [1.807, 2.05) is 29.2 Å². The molecule has 128 valence electrons. The summed E-state index contributed by atoms with van der Waals surface area (Å²) in [4.78, 5) is 6.46. The number of para-hydroxylation sites is 1. The van der Waals surface area contributed by atoms with E-state index in [0.717, 1.165) is 41.1 Å². The molecule has 0 aliphatic carbocycles. The molecule has 0 amide bonds. The van der Waals surface area contributed by atoms with E-state index in [9.17, 15) is 5.11 Å². The Morgan fingerprint density at radius 3 is 2.88 bits per heavy atom. The third-order valence-corrected chi connectivity index (χ3v) is 5.10. The average Bonchev–Trinajstić information content (AvgIpc) is 3.11. The van der Waals surface area contributed by atoms with Crippen LogP contribution in [0, 0.1) is 5.41 Å². The second-order valence-electron chi connectivity index (χ2n) is 5.90. The van der Waals surface area contributed by atoms with Crippen LogP contribution < -0.4 is 0 Å². The number of amidine groups is 1. The lowest BCUT2D eigenvalue weighted by atomic mass is 10.2. The minimum atomic E-state index is 0.242. The van der Waals surface area contributed by atoms with E-state index in [1.54, 1.807) is 0 Å². The van der Waals surface area contributed by atoms with E-state index in [4.69, 9.17) is 10.1 Å². The summed E-state index contributed by atoms with van der Waals surface area (Å²) in [5, 5.41) is 19.4. The van der Waals surface area contributed by atoms with Crippen LogP contribution in [0.25, 0.3) is 15.8 Å². The van der Waals surface area contributed by atoms with Crippen LogP contribution in [0.15, 0.2) is 30.0 Å². The molecule has 2 heterocycles. The molecule has 1 aromatic heterocycles. The third kappa shape index (κ3) is 3.60. The highest BCUT2D eigenvalue weighted by Gasteiger charge is 2.29. The van der Waals surface area contributed by atoms with Gasteiger partial charge in [0.1, 0.15) is 16.6 Å². The maximum Gasteiger partial charge on any atom is 0.135 e. The van der Waals surface area contributed by atoms with Crippen molar-refractivity contribution in [2.45, 2.75) is 26.2 Å². The van der Waals surface area contributed by atoms with Crippen molar-refractivity contribution in [1.29, 1.82) is 5.41 Å². The van der Waals surface area contributed by atoms with Gasteiger partial charge in [-0.05, 0) is 25.0 Å². The number of nitrogens with zero attached hydrogens (tertiary/aromatic N) is 2. The molecule has 6 heteroatoms. The summed E-state index contributed by atoms with van der Waals surface area (Å²) in [7, 11) is 0. The van der Waals surface area contributed by atoms with Gasteiger partial charge < -0.3 is 14.7 Å². The van der Waals surface area contributed by atoms with Gasteiger partial charge in [-0.15, -0.1) is 11.3 Å². The first-order valence-electron chi connectivity index (χ1n) is 8.40. The highest BCUT2D eigenvalue weighted by molar-refractivity contribution is 7.19. The lowest BCUT2D eigenvalue weighted by Gasteiger charge is -2.18. The number of rotatable bonds is 8. The number of ether oxygens (including phenoxy) is 1. The highest BCUT2D eigenvalue weighted by Crippen LogP contribution is 2.32. The van der Waals surface area contributed by atoms with Gasteiger partial charge in [-0.3, -0.25) is 5.41 Å². The Bertz CT molecular complexity index is 721. The summed E-state index contributed by atoms with van der Waals surface area (Å²) in [6.07, 6.45) is 3.08. The summed E-state index contributed by atoms with van der Waals surface area (Å²) in [5.74, 6) is 0.603. The van der Waals surface area contributed by atoms with E-state index in [1.165, 1.54) is 11.3 Å². The molecule has 1 aliphatic heterocycles. The molecule has 0 saturated carbocycles. The van der Waals surface area contributed by atoms with Crippen LogP contribution in [0.4, 0.5) is 0 Å². The van der Waals surface area contributed by atoms with Gasteiger partial charge in [0, 0.05) is 19.8 Å². The quantitative estimate of drug-likeness (QED) is 0.708. The largest absolute Gasteiger partial charge is 0.510 e. The van der Waals surface area contributed by atoms with Crippen molar-refractivity contribution in [3.05, 3.63) is 35.0 Å². The number of benzene rings is 1. The van der Waals surface area contributed by atoms with Crippen LogP contribution in [0.5, 0.6) is 0 Å². The summed E-state index contributed by atoms with van der Waals surface area (Å²) < 4.78 is 6.64. The molecule has 0 spiro atoms. The second-order valence-corrected chi connectivity index (χ2v) is 6.93. The minimum Gasteiger partial charge on any atom is -0.510 e. The number of aromatic nitrogens is 1. The lowest BCUT2D eigenvalue weighted by Crippen LogP contribution is -2.28. The van der Waals surface area contributed by atoms with Gasteiger partial charge in [0.05, 0.1) is 22.3 Å². The predicted octanol–water partition coefficient (Wildman–Crippen LogP) is 4.07. The van der Waals surface area contributed by atoms with Gasteiger partial charge in [-0.1, -0.05) is 25.5 Å². The number of fused-ring (bicyclic) bond motifs is 1. The van der Waals surface area contributed by atoms with Gasteiger partial charge in [-0.25, -0.2) is 4.98 Å². The standard InChI is InChI=1S/C18H23N3O2S/c1-2-3-10-23-11-6-9-21-12-14(22)16(17(21)19)18-20-13-7-4-5-8-15(13)24-18/h4-5,7-8,19,22H,2-3,6,9-12H2,1H3. The third-order valence-electron chi connectivity index (χ3n) is 4.05. The summed E-state index contributed by atoms with van der Waals surface area (Å²) in [6, 6.07) is 7.89. The molecule has 0 saturated heterocycles. The van der Waals surface area contributed by atoms with Crippen LogP contribution in [0.3, 0.4) is 0 Å². The molecule has 0 fully saturated rings. The Hall–Kier alpha value is -1.92. The normalized spacial score (nSPS) is 15.0. The minimum absolute atomic E-state index is 0.242. The van der Waals surface area contributed by atoms with Crippen molar-refractivity contribution >= 4 is 33.0 Å². The highest BCUT2D eigenvalue weighted by atomic mass is 32.1. The molecule has 5 nitrogen and oxygen atoms in total. The second kappa shape index (κ2) is 7.77. The van der Waals surface area contributed by atoms with Crippen molar-refractivity contribution in [1.82, 2.24) is 9.88 Å². The van der Waals surface area contributed by atoms with Crippen molar-refractivity contribution in [2.75, 3.05) is 26.3 Å². The maximum atomic E-state index is 10.3. The Morgan fingerprint density at radius 2 is 2.08 bits per heavy atom. The molecular weight excluding hydrogens is 322 g/mol. The van der Waals surface area contributed by atoms with Gasteiger partial charge >= 0.3 is 0 Å². The average molecular weight is 345 g/mol. The first kappa shape index (κ1) is 16.9. The van der Waals surface area contributed by atoms with Gasteiger partial charge in [0.15, 0.2) is 0 Å². The number of aliphatic hydroxyl groups is 1. The number of unbranched alkanes of at least 4 members (excludes halogenated alkanes) is 1. The molecule has 24 heavy (non-hydrogen) atoms. The number of hydrogen-bond acceptors (Lipinski definition) is 5. The molecule has 2 N–H and O–H groups in total. The zero-order valence-electron chi connectivity index (χ0n) is 13.9. The van der Waals surface area contributed by atoms with Crippen LogP contribution >= 0.6 is 11.3 Å². The van der Waals surface area contributed by atoms with E-state index >= 15 is 0 Å². The molecule has 1 aromatic carbocycles. The zero-order valence-corrected chi connectivity index (χ0v) is 14.7. The first-order valence-corrected chi connectivity index (χ1v) is 9.22. The van der Waals surface area contributed by atoms with E-state index < -0.39 is 0 Å². The monoisotopic (exact) mass is 345 g/mol. The Morgan fingerprint density at radius 1 is 1.29 bits per heavy atom. The van der Waals surface area contributed by atoms with Gasteiger partial charge in [0.25, 0.3) is 0 Å². The first-order chi connectivity index (χ1) is 11.7. The molecule has 0 radical (unpaired) electrons. The van der Waals surface area contributed by atoms with Crippen molar-refractivity contribution in [3.8, 4) is 0 Å². The Balaban J connectivity index is 1.61. The van der Waals surface area contributed by atoms with Crippen molar-refractivity contribution in [3.63, 3.8) is 0 Å². The fourth-order valence-corrected chi connectivity index (χ4v) is 3.77. The smallest absolute Gasteiger partial charge is 0.135 e. The molecular formula is C18H23N3O2S. The number of hydrogen-bond donors (Lipinski definition) is 2. The SMILES string of the molecule is CCCCOCCCN1CC(O)=C(c2nc3ccccc3s2)C1=N. The molecule has 0 atom stereocenters. The van der Waals surface area contributed by atoms with Crippen molar-refractivity contribution < 1.29 is 9.84 Å². The maximum absolute atomic E-state index is 10.3. The van der Waals surface area contributed by atoms with Crippen LogP contribution in [0.1, 0.15) is 31.2 Å². The number of aliphatic hydroxyl groups excluding tert-OH is 1. The molecule has 1 aliphatic rings. The van der Waals surface area contributed by atoms with Crippen molar-refractivity contribution in [2.24, 2.45) is 0 Å². The molecule has 0 bridgehead atoms. The van der Waals surface area contributed by atoms with Gasteiger partial charge in [0.2, 0.25) is 0 Å². The van der Waals surface area contributed by atoms with Crippen LogP contribution in [0.2, 0.25) is 0 Å². The lowest BCUT2D eigenvalue weighted by molar-refractivity contribution is 0.124. The van der Waals surface area contributed by atoms with Crippen LogP contribution in [-0.4, -0.2) is 47.1 Å². The molecule has 3 rings (SSSR count). The van der Waals surface area contributed by atoms with Crippen LogP contribution in [-0.2, 0) is 4.74 Å². The predicted molar refractivity (Wildman–Crippen MR) is 98.8 cm³/mol. The summed E-state index contributed by atoms with van der Waals surface area (Å²) >= 11 is 1.52. The summed E-state index contributed by atoms with van der Waals surface area (Å²) in [5.41, 5.74) is 1.48. The fourth-order valence-electron chi connectivity index (χ4n) is 2.73. The molecule has 2 aromatic rings. The zero-order chi connectivity index (χ0) is 16.9.